The summed E-state index contributed by atoms with van der Waals surface area (Å²) in [4.78, 5) is 12.6. The zero-order valence-electron chi connectivity index (χ0n) is 13.7. The van der Waals surface area contributed by atoms with Gasteiger partial charge in [-0.1, -0.05) is 77.8 Å². The average molecular weight is 377 g/mol. The van der Waals surface area contributed by atoms with Crippen LogP contribution in [0.4, 0.5) is 0 Å². The van der Waals surface area contributed by atoms with E-state index in [1.165, 1.54) is 6.08 Å². The lowest BCUT2D eigenvalue weighted by Gasteiger charge is -2.06. The van der Waals surface area contributed by atoms with E-state index in [0.717, 1.165) is 21.5 Å². The third-order valence-corrected chi connectivity index (χ3v) is 5.09. The molecule has 0 aliphatic heterocycles. The number of benzene rings is 4. The van der Waals surface area contributed by atoms with E-state index < -0.39 is 0 Å². The highest BCUT2D eigenvalue weighted by atomic mass is 35.5. The van der Waals surface area contributed by atoms with Crippen molar-refractivity contribution in [2.45, 2.75) is 0 Å². The molecular weight excluding hydrogens is 363 g/mol. The van der Waals surface area contributed by atoms with Crippen LogP contribution in [0.2, 0.25) is 10.0 Å². The second-order valence-corrected chi connectivity index (χ2v) is 6.87. The minimum absolute atomic E-state index is 0.0872. The number of hydrogen-bond donors (Lipinski definition) is 0. The Balaban J connectivity index is 1.75. The molecule has 0 saturated heterocycles. The first-order valence-electron chi connectivity index (χ1n) is 8.21. The molecule has 4 aromatic rings. The predicted octanol–water partition coefficient (Wildman–Crippen LogP) is 7.20. The van der Waals surface area contributed by atoms with E-state index in [-0.39, 0.29) is 5.78 Å². The van der Waals surface area contributed by atoms with Crippen LogP contribution in [-0.4, -0.2) is 5.78 Å². The fraction of sp³-hybridized carbons (Fsp3) is 0. The van der Waals surface area contributed by atoms with Gasteiger partial charge in [0.05, 0.1) is 0 Å². The first kappa shape index (κ1) is 16.8. The van der Waals surface area contributed by atoms with Gasteiger partial charge in [0.25, 0.3) is 0 Å². The number of carbonyl (C=O) groups is 1. The molecule has 0 radical (unpaired) electrons. The molecule has 126 valence electrons. The van der Waals surface area contributed by atoms with Crippen molar-refractivity contribution in [3.05, 3.63) is 100 Å². The largest absolute Gasteiger partial charge is 0.289 e. The lowest BCUT2D eigenvalue weighted by atomic mass is 9.98. The summed E-state index contributed by atoms with van der Waals surface area (Å²) in [6.07, 6.45) is 3.18. The maximum absolute atomic E-state index is 12.6. The zero-order chi connectivity index (χ0) is 18.1. The Morgan fingerprint density at radius 2 is 1.38 bits per heavy atom. The summed E-state index contributed by atoms with van der Waals surface area (Å²) in [6.45, 7) is 0. The predicted molar refractivity (Wildman–Crippen MR) is 111 cm³/mol. The second kappa shape index (κ2) is 6.95. The minimum Gasteiger partial charge on any atom is -0.289 e. The molecule has 0 unspecified atom stereocenters. The van der Waals surface area contributed by atoms with Gasteiger partial charge in [-0.15, -0.1) is 0 Å². The second-order valence-electron chi connectivity index (χ2n) is 6.06. The van der Waals surface area contributed by atoms with Crippen molar-refractivity contribution in [3.8, 4) is 0 Å². The molecule has 0 N–H and O–H groups in total. The summed E-state index contributed by atoms with van der Waals surface area (Å²) in [5.41, 5.74) is 1.28. The van der Waals surface area contributed by atoms with Crippen LogP contribution in [0.5, 0.6) is 0 Å². The van der Waals surface area contributed by atoms with Crippen LogP contribution < -0.4 is 0 Å². The van der Waals surface area contributed by atoms with Gasteiger partial charge in [0.1, 0.15) is 0 Å². The molecule has 0 fully saturated rings. The molecule has 4 aromatic carbocycles. The first-order chi connectivity index (χ1) is 12.6. The quantitative estimate of drug-likeness (QED) is 0.210. The Hall–Kier alpha value is -2.61. The fourth-order valence-electron chi connectivity index (χ4n) is 3.08. The third kappa shape index (κ3) is 3.12. The van der Waals surface area contributed by atoms with Crippen LogP contribution in [0.3, 0.4) is 0 Å². The van der Waals surface area contributed by atoms with Gasteiger partial charge < -0.3 is 0 Å². The molecule has 26 heavy (non-hydrogen) atoms. The molecule has 0 atom stereocenters. The van der Waals surface area contributed by atoms with Crippen LogP contribution >= 0.6 is 23.2 Å². The molecule has 1 nitrogen and oxygen atoms in total. The topological polar surface area (TPSA) is 17.1 Å². The third-order valence-electron chi connectivity index (χ3n) is 4.43. The molecule has 0 aliphatic carbocycles. The Morgan fingerprint density at radius 3 is 2.15 bits per heavy atom. The lowest BCUT2D eigenvalue weighted by molar-refractivity contribution is 0.104. The minimum atomic E-state index is -0.0872. The highest BCUT2D eigenvalue weighted by Gasteiger charge is 2.07. The molecule has 4 rings (SSSR count). The number of allylic oxidation sites excluding steroid dienone is 1. The molecule has 0 amide bonds. The van der Waals surface area contributed by atoms with Gasteiger partial charge in [-0.25, -0.2) is 0 Å². The molecule has 0 saturated carbocycles. The molecule has 0 spiro atoms. The molecule has 0 aliphatic rings. The Bertz CT molecular complexity index is 1160. The van der Waals surface area contributed by atoms with Crippen molar-refractivity contribution in [2.24, 2.45) is 0 Å². The van der Waals surface area contributed by atoms with E-state index in [1.54, 1.807) is 24.3 Å². The number of ketones is 1. The smallest absolute Gasteiger partial charge is 0.185 e. The van der Waals surface area contributed by atoms with Crippen molar-refractivity contribution in [2.75, 3.05) is 0 Å². The summed E-state index contributed by atoms with van der Waals surface area (Å²) >= 11 is 12.3. The SMILES string of the molecule is O=C(/C=C/c1c(Cl)cccc1Cl)c1ccc2ccc3ccccc3c2c1. The monoisotopic (exact) mass is 376 g/mol. The number of hydrogen-bond acceptors (Lipinski definition) is 1. The maximum atomic E-state index is 12.6. The number of rotatable bonds is 3. The van der Waals surface area contributed by atoms with Gasteiger partial charge in [0.15, 0.2) is 5.78 Å². The van der Waals surface area contributed by atoms with Gasteiger partial charge in [-0.05, 0) is 51.9 Å². The van der Waals surface area contributed by atoms with E-state index in [1.807, 2.05) is 30.3 Å². The Morgan fingerprint density at radius 1 is 0.731 bits per heavy atom. The van der Waals surface area contributed by atoms with Crippen molar-refractivity contribution < 1.29 is 4.79 Å². The zero-order valence-corrected chi connectivity index (χ0v) is 15.3. The van der Waals surface area contributed by atoms with Gasteiger partial charge in [-0.2, -0.15) is 0 Å². The standard InChI is InChI=1S/C23H14Cl2O/c24-21-6-3-7-22(25)19(21)12-13-23(26)17-11-10-16-9-8-15-4-1-2-5-18(15)20(16)14-17/h1-14H/b13-12+. The summed E-state index contributed by atoms with van der Waals surface area (Å²) in [7, 11) is 0. The van der Waals surface area contributed by atoms with Gasteiger partial charge in [0.2, 0.25) is 0 Å². The van der Waals surface area contributed by atoms with Crippen LogP contribution in [0, 0.1) is 0 Å². The Labute approximate surface area is 161 Å². The number of halogens is 2. The van der Waals surface area contributed by atoms with E-state index in [2.05, 4.69) is 24.3 Å². The highest BCUT2D eigenvalue weighted by Crippen LogP contribution is 2.28. The van der Waals surface area contributed by atoms with E-state index >= 15 is 0 Å². The summed E-state index contributed by atoms with van der Waals surface area (Å²) < 4.78 is 0. The Kier molecular flexibility index (Phi) is 4.50. The fourth-order valence-corrected chi connectivity index (χ4v) is 3.60. The van der Waals surface area contributed by atoms with Crippen molar-refractivity contribution in [1.29, 1.82) is 0 Å². The first-order valence-corrected chi connectivity index (χ1v) is 8.97. The van der Waals surface area contributed by atoms with Crippen molar-refractivity contribution in [3.63, 3.8) is 0 Å². The van der Waals surface area contributed by atoms with Gasteiger partial charge in [0, 0.05) is 21.2 Å². The number of fused-ring (bicyclic) bond motifs is 3. The molecule has 0 heterocycles. The van der Waals surface area contributed by atoms with E-state index in [4.69, 9.17) is 23.2 Å². The van der Waals surface area contributed by atoms with Crippen LogP contribution in [0.15, 0.2) is 78.9 Å². The van der Waals surface area contributed by atoms with Crippen molar-refractivity contribution in [1.82, 2.24) is 0 Å². The van der Waals surface area contributed by atoms with Crippen LogP contribution in [0.25, 0.3) is 27.6 Å². The lowest BCUT2D eigenvalue weighted by Crippen LogP contribution is -1.94. The summed E-state index contributed by atoms with van der Waals surface area (Å²) in [5.74, 6) is -0.0872. The normalized spacial score (nSPS) is 11.5. The molecule has 0 aromatic heterocycles. The van der Waals surface area contributed by atoms with Crippen LogP contribution in [-0.2, 0) is 0 Å². The number of carbonyl (C=O) groups excluding carboxylic acids is 1. The van der Waals surface area contributed by atoms with E-state index in [9.17, 15) is 4.79 Å². The van der Waals surface area contributed by atoms with E-state index in [0.29, 0.717) is 21.2 Å². The molecular formula is C23H14Cl2O. The maximum Gasteiger partial charge on any atom is 0.185 e. The summed E-state index contributed by atoms with van der Waals surface area (Å²) in [6, 6.07) is 23.4. The van der Waals surface area contributed by atoms with Gasteiger partial charge >= 0.3 is 0 Å². The molecule has 3 heteroatoms. The van der Waals surface area contributed by atoms with Gasteiger partial charge in [-0.3, -0.25) is 4.79 Å². The van der Waals surface area contributed by atoms with Crippen molar-refractivity contribution >= 4 is 56.6 Å². The highest BCUT2D eigenvalue weighted by molar-refractivity contribution is 6.37. The average Bonchev–Trinajstić information content (AvgIpc) is 2.67. The summed E-state index contributed by atoms with van der Waals surface area (Å²) in [5, 5.41) is 5.51. The van der Waals surface area contributed by atoms with Crippen LogP contribution in [0.1, 0.15) is 15.9 Å². The molecule has 0 bridgehead atoms.